The number of hydrogen-bond acceptors (Lipinski definition) is 8. The van der Waals surface area contributed by atoms with Crippen LogP contribution in [0.3, 0.4) is 0 Å². The van der Waals surface area contributed by atoms with Gasteiger partial charge in [-0.15, -0.1) is 0 Å². The van der Waals surface area contributed by atoms with Crippen molar-refractivity contribution in [2.45, 2.75) is 70.5 Å². The molecule has 0 amide bonds. The van der Waals surface area contributed by atoms with Crippen LogP contribution in [-0.2, 0) is 31.7 Å². The van der Waals surface area contributed by atoms with E-state index in [2.05, 4.69) is 52.5 Å². The minimum Gasteiger partial charge on any atom is -0.478 e. The molecule has 1 aromatic carbocycles. The Morgan fingerprint density at radius 2 is 1.90 bits per heavy atom. The summed E-state index contributed by atoms with van der Waals surface area (Å²) in [6, 6.07) is 8.03. The van der Waals surface area contributed by atoms with Gasteiger partial charge in [0.05, 0.1) is 31.2 Å². The SMILES string of the molecule is COc1nc(C)cnc1N(COCC[Si](C)(C)C)S(=O)(=O)c1cccnc1C#Cc1cc2c(cc1C)COC2(C)C. The molecule has 11 heteroatoms. The zero-order chi connectivity index (χ0) is 30.0. The molecule has 9 nitrogen and oxygen atoms in total. The van der Waals surface area contributed by atoms with Gasteiger partial charge in [0.1, 0.15) is 17.3 Å². The quantitative estimate of drug-likeness (QED) is 0.145. The minimum absolute atomic E-state index is 0.0329. The molecule has 1 aliphatic heterocycles. The van der Waals surface area contributed by atoms with Gasteiger partial charge in [-0.2, -0.15) is 0 Å². The molecule has 0 N–H and O–H groups in total. The largest absolute Gasteiger partial charge is 0.478 e. The van der Waals surface area contributed by atoms with Crippen LogP contribution >= 0.6 is 0 Å². The molecular weight excluding hydrogens is 557 g/mol. The zero-order valence-electron chi connectivity index (χ0n) is 25.0. The summed E-state index contributed by atoms with van der Waals surface area (Å²) in [5.41, 5.74) is 4.28. The number of benzene rings is 1. The zero-order valence-corrected chi connectivity index (χ0v) is 26.8. The van der Waals surface area contributed by atoms with Crippen LogP contribution in [0.5, 0.6) is 5.88 Å². The molecule has 218 valence electrons. The summed E-state index contributed by atoms with van der Waals surface area (Å²) in [6.07, 6.45) is 3.02. The van der Waals surface area contributed by atoms with E-state index in [-0.39, 0.29) is 29.0 Å². The fourth-order valence-corrected chi connectivity index (χ4v) is 6.54. The number of nitrogens with zero attached hydrogens (tertiary/aromatic N) is 4. The fraction of sp³-hybridized carbons (Fsp3) is 0.433. The second-order valence-electron chi connectivity index (χ2n) is 11.8. The van der Waals surface area contributed by atoms with Crippen molar-refractivity contribution in [3.05, 3.63) is 70.3 Å². The standard InChI is InChI=1S/C30H38N4O5SSi/c1-21-16-24-19-39-30(3,4)25(24)17-23(21)11-12-26-27(10-9-13-31-26)40(35,36)34(20-38-14-15-41(6,7)8)28-29(37-5)33-22(2)18-32-28/h9-10,13,16-18H,14-15,19-20H2,1-8H3. The number of ether oxygens (including phenoxy) is 3. The third kappa shape index (κ3) is 6.96. The molecular formula is C30H38N4O5SSi. The van der Waals surface area contributed by atoms with Gasteiger partial charge in [-0.3, -0.25) is 0 Å². The number of pyridine rings is 1. The topological polar surface area (TPSA) is 104 Å². The Bertz CT molecular complexity index is 1610. The molecule has 0 bridgehead atoms. The Morgan fingerprint density at radius 1 is 1.15 bits per heavy atom. The van der Waals surface area contributed by atoms with Crippen molar-refractivity contribution < 1.29 is 22.6 Å². The van der Waals surface area contributed by atoms with E-state index in [4.69, 9.17) is 14.2 Å². The average molecular weight is 595 g/mol. The lowest BCUT2D eigenvalue weighted by Gasteiger charge is -2.25. The van der Waals surface area contributed by atoms with Crippen molar-refractivity contribution >= 4 is 23.9 Å². The van der Waals surface area contributed by atoms with E-state index in [1.54, 1.807) is 13.0 Å². The normalized spacial score (nSPS) is 14.2. The molecule has 3 aromatic rings. The van der Waals surface area contributed by atoms with E-state index in [0.717, 1.165) is 32.6 Å². The van der Waals surface area contributed by atoms with Crippen LogP contribution in [0.2, 0.25) is 25.7 Å². The van der Waals surface area contributed by atoms with Crippen molar-refractivity contribution in [2.75, 3.05) is 24.8 Å². The lowest BCUT2D eigenvalue weighted by Crippen LogP contribution is -2.36. The molecule has 0 unspecified atom stereocenters. The van der Waals surface area contributed by atoms with Crippen molar-refractivity contribution in [1.82, 2.24) is 15.0 Å². The lowest BCUT2D eigenvalue weighted by atomic mass is 9.92. The van der Waals surface area contributed by atoms with Gasteiger partial charge in [0.15, 0.2) is 0 Å². The highest BCUT2D eigenvalue weighted by Crippen LogP contribution is 2.37. The summed E-state index contributed by atoms with van der Waals surface area (Å²) >= 11 is 0. The second kappa shape index (κ2) is 11.9. The number of fused-ring (bicyclic) bond motifs is 1. The third-order valence-corrected chi connectivity index (χ3v) is 10.3. The smallest absolute Gasteiger partial charge is 0.270 e. The van der Waals surface area contributed by atoms with E-state index in [1.807, 2.05) is 26.8 Å². The number of aryl methyl sites for hydroxylation is 2. The van der Waals surface area contributed by atoms with Gasteiger partial charge in [-0.05, 0) is 74.5 Å². The first-order valence-corrected chi connectivity index (χ1v) is 18.6. The Kier molecular flexibility index (Phi) is 8.89. The van der Waals surface area contributed by atoms with Gasteiger partial charge < -0.3 is 14.2 Å². The van der Waals surface area contributed by atoms with Crippen molar-refractivity contribution in [1.29, 1.82) is 0 Å². The molecule has 0 saturated heterocycles. The lowest BCUT2D eigenvalue weighted by molar-refractivity contribution is -0.00790. The number of sulfonamides is 1. The number of aromatic nitrogens is 3. The summed E-state index contributed by atoms with van der Waals surface area (Å²) in [6.45, 7) is 15.2. The van der Waals surface area contributed by atoms with E-state index in [0.29, 0.717) is 18.9 Å². The maximum atomic E-state index is 14.2. The number of anilines is 1. The molecule has 2 aromatic heterocycles. The molecule has 0 spiro atoms. The Labute approximate surface area is 244 Å². The highest BCUT2D eigenvalue weighted by atomic mass is 32.2. The first kappa shape index (κ1) is 30.7. The van der Waals surface area contributed by atoms with Crippen LogP contribution in [0.25, 0.3) is 0 Å². The van der Waals surface area contributed by atoms with Gasteiger partial charge in [0.2, 0.25) is 5.82 Å². The second-order valence-corrected chi connectivity index (χ2v) is 19.2. The van der Waals surface area contributed by atoms with Gasteiger partial charge in [0, 0.05) is 26.4 Å². The molecule has 0 saturated carbocycles. The van der Waals surface area contributed by atoms with Crippen LogP contribution in [0, 0.1) is 25.7 Å². The number of hydrogen-bond donors (Lipinski definition) is 0. The highest BCUT2D eigenvalue weighted by Gasteiger charge is 2.33. The van der Waals surface area contributed by atoms with Gasteiger partial charge in [-0.1, -0.05) is 31.6 Å². The first-order valence-electron chi connectivity index (χ1n) is 13.5. The van der Waals surface area contributed by atoms with E-state index in [1.165, 1.54) is 25.6 Å². The van der Waals surface area contributed by atoms with Crippen molar-refractivity contribution in [2.24, 2.45) is 0 Å². The van der Waals surface area contributed by atoms with Crippen LogP contribution < -0.4 is 9.04 Å². The van der Waals surface area contributed by atoms with Crippen LogP contribution in [0.1, 0.15) is 47.5 Å². The molecule has 1 aliphatic rings. The van der Waals surface area contributed by atoms with Crippen molar-refractivity contribution in [3.8, 4) is 17.7 Å². The van der Waals surface area contributed by atoms with Crippen molar-refractivity contribution in [3.63, 3.8) is 0 Å². The first-order chi connectivity index (χ1) is 19.2. The molecule has 41 heavy (non-hydrogen) atoms. The van der Waals surface area contributed by atoms with E-state index >= 15 is 0 Å². The van der Waals surface area contributed by atoms with Gasteiger partial charge in [-0.25, -0.2) is 27.7 Å². The van der Waals surface area contributed by atoms with Crippen LogP contribution in [-0.4, -0.2) is 51.9 Å². The molecule has 0 atom stereocenters. The number of rotatable bonds is 9. The van der Waals surface area contributed by atoms with E-state index in [9.17, 15) is 8.42 Å². The fourth-order valence-electron chi connectivity index (χ4n) is 4.38. The highest BCUT2D eigenvalue weighted by molar-refractivity contribution is 7.92. The molecule has 0 radical (unpaired) electrons. The molecule has 0 fully saturated rings. The summed E-state index contributed by atoms with van der Waals surface area (Å²) in [5, 5.41) is 0. The maximum absolute atomic E-state index is 14.2. The summed E-state index contributed by atoms with van der Waals surface area (Å²) < 4.78 is 46.8. The van der Waals surface area contributed by atoms with Gasteiger partial charge in [0.25, 0.3) is 15.9 Å². The van der Waals surface area contributed by atoms with E-state index < -0.39 is 23.7 Å². The third-order valence-electron chi connectivity index (χ3n) is 6.82. The summed E-state index contributed by atoms with van der Waals surface area (Å²) in [4.78, 5) is 13.0. The molecule has 0 aliphatic carbocycles. The predicted molar refractivity (Wildman–Crippen MR) is 161 cm³/mol. The number of methoxy groups -OCH3 is 1. The Balaban J connectivity index is 1.75. The summed E-state index contributed by atoms with van der Waals surface area (Å²) in [7, 11) is -4.21. The monoisotopic (exact) mass is 594 g/mol. The molecule has 3 heterocycles. The molecule has 4 rings (SSSR count). The Morgan fingerprint density at radius 3 is 2.61 bits per heavy atom. The Hall–Kier alpha value is -3.30. The summed E-state index contributed by atoms with van der Waals surface area (Å²) in [5.74, 6) is 6.29. The maximum Gasteiger partial charge on any atom is 0.270 e. The average Bonchev–Trinajstić information content (AvgIpc) is 3.19. The van der Waals surface area contributed by atoms with Gasteiger partial charge >= 0.3 is 0 Å². The van der Waals surface area contributed by atoms with Crippen LogP contribution in [0.4, 0.5) is 5.82 Å². The minimum atomic E-state index is -4.24. The predicted octanol–water partition coefficient (Wildman–Crippen LogP) is 5.17. The van der Waals surface area contributed by atoms with Crippen LogP contribution in [0.15, 0.2) is 41.6 Å².